The molecule has 132 valence electrons. The molecule has 2 N–H and O–H groups in total. The molecule has 2 amide bonds. The molecule has 0 aliphatic rings. The fraction of sp³-hybridized carbons (Fsp3) is 0.263. The van der Waals surface area contributed by atoms with Gasteiger partial charge in [-0.2, -0.15) is 0 Å². The van der Waals surface area contributed by atoms with E-state index in [4.69, 9.17) is 16.3 Å². The third kappa shape index (κ3) is 5.80. The zero-order valence-electron chi connectivity index (χ0n) is 14.2. The molecule has 1 atom stereocenters. The third-order valence-corrected chi connectivity index (χ3v) is 3.84. The van der Waals surface area contributed by atoms with Crippen LogP contribution in [0.15, 0.2) is 48.5 Å². The highest BCUT2D eigenvalue weighted by molar-refractivity contribution is 6.30. The van der Waals surface area contributed by atoms with Gasteiger partial charge in [0.25, 0.3) is 11.8 Å². The fourth-order valence-corrected chi connectivity index (χ4v) is 2.27. The molecule has 1 unspecified atom stereocenters. The van der Waals surface area contributed by atoms with Crippen molar-refractivity contribution in [3.63, 3.8) is 0 Å². The number of hydrogen-bond acceptors (Lipinski definition) is 3. The maximum absolute atomic E-state index is 12.3. The lowest BCUT2D eigenvalue weighted by atomic mass is 10.1. The summed E-state index contributed by atoms with van der Waals surface area (Å²) >= 11 is 5.87. The largest absolute Gasteiger partial charge is 0.484 e. The van der Waals surface area contributed by atoms with Crippen LogP contribution in [0.25, 0.3) is 0 Å². The standard InChI is InChI=1S/C19H21ClN2O3/c1-3-13(2)21-19(24)16-9-4-5-10-17(16)22-18(23)12-25-15-8-6-7-14(20)11-15/h4-11,13H,3,12H2,1-2H3,(H,21,24)(H,22,23). The van der Waals surface area contributed by atoms with E-state index in [9.17, 15) is 9.59 Å². The van der Waals surface area contributed by atoms with Crippen LogP contribution in [0.4, 0.5) is 5.69 Å². The van der Waals surface area contributed by atoms with Gasteiger partial charge in [-0.25, -0.2) is 0 Å². The molecule has 6 heteroatoms. The molecular weight excluding hydrogens is 340 g/mol. The molecule has 0 radical (unpaired) electrons. The van der Waals surface area contributed by atoms with Crippen molar-refractivity contribution >= 4 is 29.1 Å². The Kier molecular flexibility index (Phi) is 6.83. The highest BCUT2D eigenvalue weighted by Gasteiger charge is 2.14. The van der Waals surface area contributed by atoms with Gasteiger partial charge in [0.15, 0.2) is 6.61 Å². The molecule has 0 heterocycles. The normalized spacial score (nSPS) is 11.5. The molecule has 0 aromatic heterocycles. The summed E-state index contributed by atoms with van der Waals surface area (Å²) < 4.78 is 5.41. The van der Waals surface area contributed by atoms with Crippen LogP contribution in [-0.2, 0) is 4.79 Å². The topological polar surface area (TPSA) is 67.4 Å². The van der Waals surface area contributed by atoms with Gasteiger partial charge in [-0.05, 0) is 43.7 Å². The van der Waals surface area contributed by atoms with Gasteiger partial charge in [-0.1, -0.05) is 36.7 Å². The van der Waals surface area contributed by atoms with E-state index in [1.165, 1.54) is 0 Å². The van der Waals surface area contributed by atoms with Crippen LogP contribution in [0.1, 0.15) is 30.6 Å². The highest BCUT2D eigenvalue weighted by Crippen LogP contribution is 2.18. The van der Waals surface area contributed by atoms with Crippen LogP contribution in [0.2, 0.25) is 5.02 Å². The summed E-state index contributed by atoms with van der Waals surface area (Å²) in [6, 6.07) is 13.7. The lowest BCUT2D eigenvalue weighted by Crippen LogP contribution is -2.33. The molecule has 0 bridgehead atoms. The Balaban J connectivity index is 1.99. The lowest BCUT2D eigenvalue weighted by molar-refractivity contribution is -0.118. The minimum atomic E-state index is -0.358. The maximum Gasteiger partial charge on any atom is 0.262 e. The second-order valence-electron chi connectivity index (χ2n) is 5.62. The molecule has 0 fully saturated rings. The number of amides is 2. The lowest BCUT2D eigenvalue weighted by Gasteiger charge is -2.15. The van der Waals surface area contributed by atoms with E-state index in [0.717, 1.165) is 6.42 Å². The zero-order valence-corrected chi connectivity index (χ0v) is 15.0. The Bertz CT molecular complexity index is 749. The van der Waals surface area contributed by atoms with E-state index in [2.05, 4.69) is 10.6 Å². The van der Waals surface area contributed by atoms with Crippen LogP contribution < -0.4 is 15.4 Å². The Morgan fingerprint density at radius 1 is 1.16 bits per heavy atom. The first kappa shape index (κ1) is 18.8. The first-order valence-corrected chi connectivity index (χ1v) is 8.45. The Morgan fingerprint density at radius 3 is 2.64 bits per heavy atom. The number of rotatable bonds is 7. The van der Waals surface area contributed by atoms with Crippen LogP contribution >= 0.6 is 11.6 Å². The van der Waals surface area contributed by atoms with Gasteiger partial charge in [0.2, 0.25) is 0 Å². The van der Waals surface area contributed by atoms with Crippen molar-refractivity contribution in [2.24, 2.45) is 0 Å². The number of halogens is 1. The van der Waals surface area contributed by atoms with Crippen molar-refractivity contribution in [1.29, 1.82) is 0 Å². The van der Waals surface area contributed by atoms with E-state index >= 15 is 0 Å². The van der Waals surface area contributed by atoms with Gasteiger partial charge in [0, 0.05) is 11.1 Å². The average Bonchev–Trinajstić information content (AvgIpc) is 2.60. The minimum absolute atomic E-state index is 0.0578. The van der Waals surface area contributed by atoms with Gasteiger partial charge >= 0.3 is 0 Å². The maximum atomic E-state index is 12.3. The predicted molar refractivity (Wildman–Crippen MR) is 99.2 cm³/mol. The highest BCUT2D eigenvalue weighted by atomic mass is 35.5. The van der Waals surface area contributed by atoms with Crippen LogP contribution in [0, 0.1) is 0 Å². The van der Waals surface area contributed by atoms with Gasteiger partial charge in [0.05, 0.1) is 11.3 Å². The first-order chi connectivity index (χ1) is 12.0. The fourth-order valence-electron chi connectivity index (χ4n) is 2.09. The molecule has 0 saturated heterocycles. The smallest absolute Gasteiger partial charge is 0.262 e. The zero-order chi connectivity index (χ0) is 18.2. The minimum Gasteiger partial charge on any atom is -0.484 e. The summed E-state index contributed by atoms with van der Waals surface area (Å²) in [6.45, 7) is 3.74. The van der Waals surface area contributed by atoms with E-state index in [-0.39, 0.29) is 24.5 Å². The van der Waals surface area contributed by atoms with E-state index in [1.54, 1.807) is 48.5 Å². The number of ether oxygens (including phenoxy) is 1. The summed E-state index contributed by atoms with van der Waals surface area (Å²) in [5, 5.41) is 6.13. The summed E-state index contributed by atoms with van der Waals surface area (Å²) in [5.74, 6) is -0.0739. The molecule has 0 spiro atoms. The molecule has 25 heavy (non-hydrogen) atoms. The van der Waals surface area contributed by atoms with E-state index < -0.39 is 0 Å². The SMILES string of the molecule is CCC(C)NC(=O)c1ccccc1NC(=O)COc1cccc(Cl)c1. The monoisotopic (exact) mass is 360 g/mol. The van der Waals surface area contributed by atoms with Crippen molar-refractivity contribution in [2.75, 3.05) is 11.9 Å². The van der Waals surface area contributed by atoms with Crippen molar-refractivity contribution in [3.05, 3.63) is 59.1 Å². The van der Waals surface area contributed by atoms with Crippen molar-refractivity contribution in [3.8, 4) is 5.75 Å². The Hall–Kier alpha value is -2.53. The molecule has 0 aliphatic carbocycles. The number of carbonyl (C=O) groups excluding carboxylic acids is 2. The number of nitrogens with one attached hydrogen (secondary N) is 2. The van der Waals surface area contributed by atoms with E-state index in [0.29, 0.717) is 22.0 Å². The van der Waals surface area contributed by atoms with Gasteiger partial charge < -0.3 is 15.4 Å². The van der Waals surface area contributed by atoms with E-state index in [1.807, 2.05) is 13.8 Å². The first-order valence-electron chi connectivity index (χ1n) is 8.07. The van der Waals surface area contributed by atoms with Gasteiger partial charge in [-0.3, -0.25) is 9.59 Å². The number of benzene rings is 2. The van der Waals surface area contributed by atoms with Crippen molar-refractivity contribution < 1.29 is 14.3 Å². The molecule has 2 aromatic carbocycles. The molecule has 0 saturated carbocycles. The van der Waals surface area contributed by atoms with Crippen molar-refractivity contribution in [2.45, 2.75) is 26.3 Å². The quantitative estimate of drug-likeness (QED) is 0.787. The molecule has 5 nitrogen and oxygen atoms in total. The average molecular weight is 361 g/mol. The summed E-state index contributed by atoms with van der Waals surface area (Å²) in [7, 11) is 0. The second kappa shape index (κ2) is 9.08. The van der Waals surface area contributed by atoms with Gasteiger partial charge in [0.1, 0.15) is 5.75 Å². The van der Waals surface area contributed by atoms with Crippen molar-refractivity contribution in [1.82, 2.24) is 5.32 Å². The molecule has 2 aromatic rings. The predicted octanol–water partition coefficient (Wildman–Crippen LogP) is 3.89. The Morgan fingerprint density at radius 2 is 1.92 bits per heavy atom. The van der Waals surface area contributed by atoms with Crippen LogP contribution in [0.5, 0.6) is 5.75 Å². The second-order valence-corrected chi connectivity index (χ2v) is 6.06. The Labute approximate surface area is 152 Å². The number of carbonyl (C=O) groups is 2. The molecule has 0 aliphatic heterocycles. The summed E-state index contributed by atoms with van der Waals surface area (Å²) in [6.07, 6.45) is 0.827. The van der Waals surface area contributed by atoms with Crippen LogP contribution in [-0.4, -0.2) is 24.5 Å². The third-order valence-electron chi connectivity index (χ3n) is 3.60. The number of para-hydroxylation sites is 1. The molecular formula is C19H21ClN2O3. The molecule has 2 rings (SSSR count). The van der Waals surface area contributed by atoms with Crippen LogP contribution in [0.3, 0.4) is 0 Å². The number of anilines is 1. The summed E-state index contributed by atoms with van der Waals surface area (Å²) in [4.78, 5) is 24.4. The summed E-state index contributed by atoms with van der Waals surface area (Å²) in [5.41, 5.74) is 0.863. The van der Waals surface area contributed by atoms with Gasteiger partial charge in [-0.15, -0.1) is 0 Å². The number of hydrogen-bond donors (Lipinski definition) is 2.